The maximum atomic E-state index is 14.8. The summed E-state index contributed by atoms with van der Waals surface area (Å²) in [6, 6.07) is 7.13. The van der Waals surface area contributed by atoms with E-state index in [9.17, 15) is 8.78 Å². The van der Waals surface area contributed by atoms with Crippen LogP contribution >= 0.6 is 15.9 Å². The second-order valence-electron chi connectivity index (χ2n) is 5.26. The number of hydrogen-bond acceptors (Lipinski definition) is 0. The first-order chi connectivity index (χ1) is 9.50. The van der Waals surface area contributed by atoms with Crippen molar-refractivity contribution >= 4 is 21.5 Å². The van der Waals surface area contributed by atoms with Crippen LogP contribution in [0.15, 0.2) is 47.0 Å². The Labute approximate surface area is 127 Å². The number of benzene rings is 1. The molecule has 3 heteroatoms. The summed E-state index contributed by atoms with van der Waals surface area (Å²) in [6.45, 7) is 5.67. The van der Waals surface area contributed by atoms with Gasteiger partial charge in [-0.05, 0) is 42.5 Å². The maximum absolute atomic E-state index is 14.8. The molecule has 0 spiro atoms. The van der Waals surface area contributed by atoms with E-state index in [0.29, 0.717) is 30.4 Å². The minimum absolute atomic E-state index is 0.171. The maximum Gasteiger partial charge on any atom is 0.276 e. The zero-order chi connectivity index (χ0) is 14.8. The fourth-order valence-electron chi connectivity index (χ4n) is 2.93. The zero-order valence-corrected chi connectivity index (χ0v) is 13.2. The molecule has 0 nitrogen and oxygen atoms in total. The van der Waals surface area contributed by atoms with Crippen molar-refractivity contribution < 1.29 is 8.78 Å². The van der Waals surface area contributed by atoms with Gasteiger partial charge in [-0.3, -0.25) is 0 Å². The van der Waals surface area contributed by atoms with Crippen LogP contribution in [-0.4, -0.2) is 5.92 Å². The van der Waals surface area contributed by atoms with E-state index < -0.39 is 11.8 Å². The van der Waals surface area contributed by atoms with Gasteiger partial charge in [0.05, 0.1) is 0 Å². The summed E-state index contributed by atoms with van der Waals surface area (Å²) in [7, 11) is 0. The van der Waals surface area contributed by atoms with Crippen LogP contribution < -0.4 is 0 Å². The number of rotatable bonds is 4. The van der Waals surface area contributed by atoms with Crippen LogP contribution in [0.4, 0.5) is 8.78 Å². The van der Waals surface area contributed by atoms with Crippen molar-refractivity contribution in [1.82, 2.24) is 0 Å². The number of allylic oxidation sites excluding steroid dienone is 3. The van der Waals surface area contributed by atoms with Crippen LogP contribution in [0.3, 0.4) is 0 Å². The third-order valence-corrected chi connectivity index (χ3v) is 4.47. The highest BCUT2D eigenvalue weighted by Crippen LogP contribution is 2.49. The van der Waals surface area contributed by atoms with Gasteiger partial charge >= 0.3 is 0 Å². The highest BCUT2D eigenvalue weighted by Gasteiger charge is 2.46. The highest BCUT2D eigenvalue weighted by atomic mass is 79.9. The average molecular weight is 341 g/mol. The third-order valence-electron chi connectivity index (χ3n) is 3.95. The molecule has 0 N–H and O–H groups in total. The molecule has 0 amide bonds. The summed E-state index contributed by atoms with van der Waals surface area (Å²) in [4.78, 5) is 0. The van der Waals surface area contributed by atoms with E-state index >= 15 is 0 Å². The van der Waals surface area contributed by atoms with Gasteiger partial charge in [0.1, 0.15) is 0 Å². The van der Waals surface area contributed by atoms with E-state index in [0.717, 1.165) is 10.9 Å². The summed E-state index contributed by atoms with van der Waals surface area (Å²) < 4.78 is 30.5. The van der Waals surface area contributed by atoms with Crippen LogP contribution in [0.25, 0.3) is 5.57 Å². The van der Waals surface area contributed by atoms with Gasteiger partial charge in [0, 0.05) is 16.0 Å². The smallest absolute Gasteiger partial charge is 0.201 e. The van der Waals surface area contributed by atoms with Gasteiger partial charge in [0.2, 0.25) is 0 Å². The molecule has 0 radical (unpaired) electrons. The lowest BCUT2D eigenvalue weighted by Crippen LogP contribution is -2.33. The molecular formula is C17H19BrF2. The summed E-state index contributed by atoms with van der Waals surface area (Å²) in [6.07, 6.45) is 4.18. The molecule has 0 heterocycles. The second kappa shape index (κ2) is 6.21. The second-order valence-corrected chi connectivity index (χ2v) is 6.17. The lowest BCUT2D eigenvalue weighted by Gasteiger charge is -2.35. The van der Waals surface area contributed by atoms with Gasteiger partial charge in [0.15, 0.2) is 0 Å². The summed E-state index contributed by atoms with van der Waals surface area (Å²) in [5, 5.41) is 0. The minimum atomic E-state index is -2.77. The topological polar surface area (TPSA) is 0 Å². The van der Waals surface area contributed by atoms with Crippen molar-refractivity contribution in [3.8, 4) is 0 Å². The Balaban J connectivity index is 2.50. The Kier molecular flexibility index (Phi) is 4.79. The summed E-state index contributed by atoms with van der Waals surface area (Å²) >= 11 is 3.34. The van der Waals surface area contributed by atoms with Crippen LogP contribution in [0.2, 0.25) is 0 Å². The highest BCUT2D eigenvalue weighted by molar-refractivity contribution is 9.10. The normalized spacial score (nSPS) is 21.9. The van der Waals surface area contributed by atoms with Gasteiger partial charge in [-0.15, -0.1) is 0 Å². The van der Waals surface area contributed by atoms with Crippen molar-refractivity contribution in [2.24, 2.45) is 5.92 Å². The molecule has 1 aromatic carbocycles. The molecule has 1 unspecified atom stereocenters. The summed E-state index contributed by atoms with van der Waals surface area (Å²) in [5.41, 5.74) is 1.46. The van der Waals surface area contributed by atoms with Gasteiger partial charge in [-0.1, -0.05) is 54.1 Å². The molecule has 1 aromatic rings. The molecule has 0 saturated carbocycles. The van der Waals surface area contributed by atoms with E-state index in [4.69, 9.17) is 0 Å². The van der Waals surface area contributed by atoms with E-state index in [2.05, 4.69) is 22.5 Å². The third kappa shape index (κ3) is 2.88. The standard InChI is InChI=1S/C17H19BrF2/c1-3-5-14-9-6-12(4-2)16(17(14,19)20)13-7-10-15(18)11-8-13/h4,7-8,10-11,14H,2-3,5-6,9H2,1H3. The van der Waals surface area contributed by atoms with Crippen molar-refractivity contribution in [1.29, 1.82) is 0 Å². The van der Waals surface area contributed by atoms with Gasteiger partial charge in [0.25, 0.3) is 5.92 Å². The van der Waals surface area contributed by atoms with Crippen molar-refractivity contribution in [2.45, 2.75) is 38.5 Å². The van der Waals surface area contributed by atoms with Crippen LogP contribution in [0.5, 0.6) is 0 Å². The van der Waals surface area contributed by atoms with Crippen LogP contribution in [0.1, 0.15) is 38.2 Å². The predicted octanol–water partition coefficient (Wildman–Crippen LogP) is 6.23. The van der Waals surface area contributed by atoms with Crippen molar-refractivity contribution in [3.63, 3.8) is 0 Å². The van der Waals surface area contributed by atoms with E-state index in [1.165, 1.54) is 0 Å². The Morgan fingerprint density at radius 2 is 2.00 bits per heavy atom. The number of alkyl halides is 2. The number of halogens is 3. The first-order valence-corrected chi connectivity index (χ1v) is 7.79. The molecule has 20 heavy (non-hydrogen) atoms. The van der Waals surface area contributed by atoms with E-state index in [1.807, 2.05) is 19.1 Å². The lowest BCUT2D eigenvalue weighted by atomic mass is 9.76. The quantitative estimate of drug-likeness (QED) is 0.609. The molecule has 1 atom stereocenters. The molecule has 1 aliphatic rings. The van der Waals surface area contributed by atoms with Crippen LogP contribution in [0, 0.1) is 5.92 Å². The zero-order valence-electron chi connectivity index (χ0n) is 11.6. The monoisotopic (exact) mass is 340 g/mol. The average Bonchev–Trinajstić information content (AvgIpc) is 2.42. The van der Waals surface area contributed by atoms with Gasteiger partial charge in [-0.25, -0.2) is 8.78 Å². The predicted molar refractivity (Wildman–Crippen MR) is 83.8 cm³/mol. The molecule has 0 saturated heterocycles. The molecule has 2 rings (SSSR count). The molecule has 108 valence electrons. The SMILES string of the molecule is C=CC1=C(c2ccc(Br)cc2)C(F)(F)C(CCC)CC1. The molecule has 0 aliphatic heterocycles. The number of hydrogen-bond donors (Lipinski definition) is 0. The molecular weight excluding hydrogens is 322 g/mol. The Bertz CT molecular complexity index is 514. The fourth-order valence-corrected chi connectivity index (χ4v) is 3.19. The molecule has 0 fully saturated rings. The van der Waals surface area contributed by atoms with Crippen molar-refractivity contribution in [3.05, 3.63) is 52.5 Å². The van der Waals surface area contributed by atoms with Crippen LogP contribution in [-0.2, 0) is 0 Å². The van der Waals surface area contributed by atoms with E-state index in [-0.39, 0.29) is 5.57 Å². The minimum Gasteiger partial charge on any atom is -0.201 e. The van der Waals surface area contributed by atoms with Gasteiger partial charge in [-0.2, -0.15) is 0 Å². The summed E-state index contributed by atoms with van der Waals surface area (Å²) in [5.74, 6) is -3.33. The molecule has 1 aliphatic carbocycles. The Morgan fingerprint density at radius 3 is 2.55 bits per heavy atom. The van der Waals surface area contributed by atoms with Crippen molar-refractivity contribution in [2.75, 3.05) is 0 Å². The van der Waals surface area contributed by atoms with Gasteiger partial charge < -0.3 is 0 Å². The Hall–Kier alpha value is -0.960. The molecule has 0 bridgehead atoms. The Morgan fingerprint density at radius 1 is 1.35 bits per heavy atom. The fraction of sp³-hybridized carbons (Fsp3) is 0.412. The lowest BCUT2D eigenvalue weighted by molar-refractivity contribution is -0.0114. The first-order valence-electron chi connectivity index (χ1n) is 7.00. The van der Waals surface area contributed by atoms with E-state index in [1.54, 1.807) is 18.2 Å². The molecule has 0 aromatic heterocycles. The largest absolute Gasteiger partial charge is 0.276 e. The first kappa shape index (κ1) is 15.4.